The van der Waals surface area contributed by atoms with Gasteiger partial charge in [-0.15, -0.1) is 0 Å². The number of carboxylic acids is 1. The maximum Gasteiger partial charge on any atom is 1.00 e. The standard InChI is InChI=1S/C14H19NO4.Na/c1-3-9(2)11-8-10(4-5-12(11)16)15-13(17)6-7-14(18)19;/h4-5,8-9,16H,3,6-7H2,1-2H3,(H,15,17)(H,18,19);/q;+1/p-1. The number of hydrogen-bond donors (Lipinski definition) is 2. The van der Waals surface area contributed by atoms with Crippen LogP contribution in [0.25, 0.3) is 0 Å². The van der Waals surface area contributed by atoms with E-state index in [0.29, 0.717) is 5.69 Å². The normalized spacial score (nSPS) is 11.3. The van der Waals surface area contributed by atoms with E-state index in [4.69, 9.17) is 0 Å². The van der Waals surface area contributed by atoms with Crippen molar-refractivity contribution in [2.45, 2.75) is 39.0 Å². The van der Waals surface area contributed by atoms with E-state index in [1.54, 1.807) is 12.1 Å². The molecule has 0 spiro atoms. The van der Waals surface area contributed by atoms with Gasteiger partial charge in [-0.3, -0.25) is 4.79 Å². The van der Waals surface area contributed by atoms with E-state index in [1.165, 1.54) is 6.07 Å². The zero-order chi connectivity index (χ0) is 14.4. The Morgan fingerprint density at radius 1 is 1.35 bits per heavy atom. The van der Waals surface area contributed by atoms with Crippen LogP contribution in [-0.2, 0) is 9.59 Å². The molecule has 1 rings (SSSR count). The summed E-state index contributed by atoms with van der Waals surface area (Å²) in [5, 5.41) is 22.6. The number of rotatable bonds is 6. The second-order valence-electron chi connectivity index (χ2n) is 4.50. The first-order chi connectivity index (χ1) is 8.93. The Hall–Kier alpha value is -1.04. The summed E-state index contributed by atoms with van der Waals surface area (Å²) in [6.45, 7) is 3.99. The van der Waals surface area contributed by atoms with Gasteiger partial charge < -0.3 is 20.3 Å². The molecule has 5 nitrogen and oxygen atoms in total. The van der Waals surface area contributed by atoms with E-state index in [2.05, 4.69) is 5.32 Å². The number of carboxylic acid groups (broad SMARTS) is 1. The molecule has 0 radical (unpaired) electrons. The van der Waals surface area contributed by atoms with Gasteiger partial charge in [0.1, 0.15) is 5.75 Å². The van der Waals surface area contributed by atoms with E-state index in [9.17, 15) is 19.8 Å². The summed E-state index contributed by atoms with van der Waals surface area (Å²) in [6.07, 6.45) is 0.444. The van der Waals surface area contributed by atoms with Crippen LogP contribution >= 0.6 is 0 Å². The average Bonchev–Trinajstić information content (AvgIpc) is 2.37. The van der Waals surface area contributed by atoms with E-state index < -0.39 is 5.97 Å². The molecule has 0 aliphatic rings. The van der Waals surface area contributed by atoms with Gasteiger partial charge in [0.15, 0.2) is 0 Å². The van der Waals surface area contributed by atoms with Gasteiger partial charge in [-0.25, -0.2) is 0 Å². The number of carbonyl (C=O) groups is 2. The largest absolute Gasteiger partial charge is 1.00 e. The predicted molar refractivity (Wildman–Crippen MR) is 69.7 cm³/mol. The van der Waals surface area contributed by atoms with E-state index in [1.807, 2.05) is 13.8 Å². The molecule has 1 amide bonds. The second-order valence-corrected chi connectivity index (χ2v) is 4.50. The monoisotopic (exact) mass is 287 g/mol. The first-order valence-corrected chi connectivity index (χ1v) is 6.26. The molecule has 20 heavy (non-hydrogen) atoms. The van der Waals surface area contributed by atoms with Crippen molar-refractivity contribution in [3.63, 3.8) is 0 Å². The summed E-state index contributed by atoms with van der Waals surface area (Å²) in [4.78, 5) is 21.7. The quantitative estimate of drug-likeness (QED) is 0.486. The maximum atomic E-state index is 11.5. The van der Waals surface area contributed by atoms with Crippen molar-refractivity contribution in [3.05, 3.63) is 23.8 Å². The SMILES string of the molecule is CCC(C)c1cc(NC(=O)CCC(=O)[O-])ccc1O.[Na+]. The predicted octanol–water partition coefficient (Wildman–Crippen LogP) is -1.62. The first kappa shape index (κ1) is 19.0. The Labute approximate surface area is 140 Å². The Balaban J connectivity index is 0.00000361. The summed E-state index contributed by atoms with van der Waals surface area (Å²) in [5.74, 6) is -1.26. The molecule has 0 aromatic heterocycles. The summed E-state index contributed by atoms with van der Waals surface area (Å²) in [6, 6.07) is 4.81. The van der Waals surface area contributed by atoms with Crippen LogP contribution in [0.1, 0.15) is 44.6 Å². The molecule has 0 aliphatic heterocycles. The molecular formula is C14H18NNaO4. The first-order valence-electron chi connectivity index (χ1n) is 6.26. The minimum Gasteiger partial charge on any atom is -0.550 e. The van der Waals surface area contributed by atoms with Crippen molar-refractivity contribution in [1.29, 1.82) is 0 Å². The third-order valence-corrected chi connectivity index (χ3v) is 3.01. The number of aromatic hydroxyl groups is 1. The van der Waals surface area contributed by atoms with Crippen molar-refractivity contribution < 1.29 is 49.4 Å². The molecule has 1 aromatic carbocycles. The van der Waals surface area contributed by atoms with Crippen LogP contribution in [0.2, 0.25) is 0 Å². The Morgan fingerprint density at radius 2 is 2.00 bits per heavy atom. The maximum absolute atomic E-state index is 11.5. The second kappa shape index (κ2) is 9.00. The average molecular weight is 287 g/mol. The van der Waals surface area contributed by atoms with Crippen LogP contribution < -0.4 is 40.0 Å². The van der Waals surface area contributed by atoms with Gasteiger partial charge in [-0.05, 0) is 42.5 Å². The molecule has 6 heteroatoms. The molecule has 0 aliphatic carbocycles. The van der Waals surface area contributed by atoms with Crippen LogP contribution in [0.3, 0.4) is 0 Å². The van der Waals surface area contributed by atoms with Crippen molar-refractivity contribution in [1.82, 2.24) is 0 Å². The van der Waals surface area contributed by atoms with Crippen molar-refractivity contribution in [3.8, 4) is 5.75 Å². The molecular weight excluding hydrogens is 269 g/mol. The summed E-state index contributed by atoms with van der Waals surface area (Å²) >= 11 is 0. The van der Waals surface area contributed by atoms with E-state index in [0.717, 1.165) is 12.0 Å². The Morgan fingerprint density at radius 3 is 2.55 bits per heavy atom. The number of amides is 1. The van der Waals surface area contributed by atoms with E-state index >= 15 is 0 Å². The Bertz CT molecular complexity index is 476. The molecule has 0 heterocycles. The molecule has 2 N–H and O–H groups in total. The molecule has 104 valence electrons. The van der Waals surface area contributed by atoms with Crippen LogP contribution in [-0.4, -0.2) is 17.0 Å². The number of carbonyl (C=O) groups excluding carboxylic acids is 2. The van der Waals surface area contributed by atoms with Crippen LogP contribution in [0.5, 0.6) is 5.75 Å². The van der Waals surface area contributed by atoms with Gasteiger partial charge in [0.05, 0.1) is 0 Å². The number of hydrogen-bond acceptors (Lipinski definition) is 4. The van der Waals surface area contributed by atoms with Crippen molar-refractivity contribution in [2.75, 3.05) is 5.32 Å². The number of anilines is 1. The van der Waals surface area contributed by atoms with Gasteiger partial charge >= 0.3 is 29.6 Å². The molecule has 1 aromatic rings. The van der Waals surface area contributed by atoms with Gasteiger partial charge in [0.25, 0.3) is 0 Å². The van der Waals surface area contributed by atoms with Crippen LogP contribution in [0.4, 0.5) is 5.69 Å². The smallest absolute Gasteiger partial charge is 0.550 e. The minimum absolute atomic E-state index is 0. The fourth-order valence-electron chi connectivity index (χ4n) is 1.69. The fraction of sp³-hybridized carbons (Fsp3) is 0.429. The van der Waals surface area contributed by atoms with Gasteiger partial charge in [-0.2, -0.15) is 0 Å². The topological polar surface area (TPSA) is 89.5 Å². The molecule has 1 unspecified atom stereocenters. The third kappa shape index (κ3) is 5.94. The van der Waals surface area contributed by atoms with E-state index in [-0.39, 0.29) is 60.0 Å². The number of benzene rings is 1. The summed E-state index contributed by atoms with van der Waals surface area (Å²) in [7, 11) is 0. The Kier molecular flexibility index (Phi) is 8.53. The molecule has 0 saturated carbocycles. The van der Waals surface area contributed by atoms with Crippen molar-refractivity contribution in [2.24, 2.45) is 0 Å². The summed E-state index contributed by atoms with van der Waals surface area (Å²) < 4.78 is 0. The number of nitrogens with one attached hydrogen (secondary N) is 1. The minimum atomic E-state index is -1.25. The number of aliphatic carboxylic acids is 1. The van der Waals surface area contributed by atoms with Crippen molar-refractivity contribution >= 4 is 17.6 Å². The zero-order valence-electron chi connectivity index (χ0n) is 12.1. The van der Waals surface area contributed by atoms with Crippen LogP contribution in [0.15, 0.2) is 18.2 Å². The molecule has 1 atom stereocenters. The molecule has 0 saturated heterocycles. The fourth-order valence-corrected chi connectivity index (χ4v) is 1.69. The van der Waals surface area contributed by atoms with Gasteiger partial charge in [0, 0.05) is 18.1 Å². The van der Waals surface area contributed by atoms with Crippen LogP contribution in [0, 0.1) is 0 Å². The summed E-state index contributed by atoms with van der Waals surface area (Å²) in [5.41, 5.74) is 1.32. The molecule has 0 bridgehead atoms. The third-order valence-electron chi connectivity index (χ3n) is 3.01. The number of phenolic OH excluding ortho intramolecular Hbond substituents is 1. The molecule has 0 fully saturated rings. The van der Waals surface area contributed by atoms with Gasteiger partial charge in [-0.1, -0.05) is 13.8 Å². The zero-order valence-corrected chi connectivity index (χ0v) is 14.1. The number of phenols is 1. The van der Waals surface area contributed by atoms with Gasteiger partial charge in [0.2, 0.25) is 5.91 Å².